The van der Waals surface area contributed by atoms with Crippen LogP contribution >= 0.6 is 0 Å². The van der Waals surface area contributed by atoms with Crippen molar-refractivity contribution in [1.29, 1.82) is 0 Å². The van der Waals surface area contributed by atoms with Crippen LogP contribution < -0.4 is 4.90 Å². The Balaban J connectivity index is 1.88. The second kappa shape index (κ2) is 6.91. The number of likely N-dealkylation sites (N-methyl/N-ethyl adjacent to an activating group) is 1. The van der Waals surface area contributed by atoms with E-state index >= 15 is 0 Å². The van der Waals surface area contributed by atoms with E-state index in [9.17, 15) is 4.79 Å². The summed E-state index contributed by atoms with van der Waals surface area (Å²) in [4.78, 5) is 19.5. The van der Waals surface area contributed by atoms with Crippen molar-refractivity contribution in [2.24, 2.45) is 5.16 Å². The van der Waals surface area contributed by atoms with E-state index in [-0.39, 0.29) is 0 Å². The summed E-state index contributed by atoms with van der Waals surface area (Å²) in [5.41, 5.74) is 2.08. The summed E-state index contributed by atoms with van der Waals surface area (Å²) in [5.74, 6) is -1.03. The molecule has 108 valence electrons. The molecule has 0 bridgehead atoms. The molecular formula is C14H19N3O3. The van der Waals surface area contributed by atoms with E-state index < -0.39 is 12.6 Å². The third-order valence-corrected chi connectivity index (χ3v) is 3.23. The summed E-state index contributed by atoms with van der Waals surface area (Å²) in [5, 5.41) is 12.0. The van der Waals surface area contributed by atoms with Crippen molar-refractivity contribution in [3.63, 3.8) is 0 Å². The topological polar surface area (TPSA) is 65.4 Å². The highest BCUT2D eigenvalue weighted by molar-refractivity contribution is 5.80. The van der Waals surface area contributed by atoms with Gasteiger partial charge in [0.1, 0.15) is 0 Å². The SMILES string of the molecule is CN1CCN(c2ccc(C=NOCC(=O)O)cc2)CC1. The molecule has 6 heteroatoms. The largest absolute Gasteiger partial charge is 0.479 e. The first-order valence-corrected chi connectivity index (χ1v) is 6.56. The molecule has 0 aliphatic carbocycles. The van der Waals surface area contributed by atoms with Crippen LogP contribution in [-0.2, 0) is 9.63 Å². The lowest BCUT2D eigenvalue weighted by Gasteiger charge is -2.34. The molecule has 1 aromatic rings. The zero-order valence-corrected chi connectivity index (χ0v) is 11.5. The highest BCUT2D eigenvalue weighted by atomic mass is 16.6. The van der Waals surface area contributed by atoms with Crippen molar-refractivity contribution >= 4 is 17.9 Å². The lowest BCUT2D eigenvalue weighted by Crippen LogP contribution is -2.44. The standard InChI is InChI=1S/C14H19N3O3/c1-16-6-8-17(9-7-16)13-4-2-12(3-5-13)10-15-20-11-14(18)19/h2-5,10H,6-9,11H2,1H3,(H,18,19). The van der Waals surface area contributed by atoms with Crippen molar-refractivity contribution < 1.29 is 14.7 Å². The van der Waals surface area contributed by atoms with Crippen molar-refractivity contribution in [3.05, 3.63) is 29.8 Å². The lowest BCUT2D eigenvalue weighted by molar-refractivity contribution is -0.142. The van der Waals surface area contributed by atoms with E-state index in [0.717, 1.165) is 31.7 Å². The lowest BCUT2D eigenvalue weighted by atomic mass is 10.2. The van der Waals surface area contributed by atoms with Gasteiger partial charge < -0.3 is 19.7 Å². The predicted molar refractivity (Wildman–Crippen MR) is 77.3 cm³/mol. The fourth-order valence-electron chi connectivity index (χ4n) is 2.03. The molecule has 1 aliphatic heterocycles. The fourth-order valence-corrected chi connectivity index (χ4v) is 2.03. The number of hydrogen-bond donors (Lipinski definition) is 1. The highest BCUT2D eigenvalue weighted by Crippen LogP contribution is 2.16. The maximum Gasteiger partial charge on any atom is 0.344 e. The molecule has 0 amide bonds. The molecule has 0 saturated carbocycles. The molecule has 0 aromatic heterocycles. The van der Waals surface area contributed by atoms with Crippen LogP contribution in [0.5, 0.6) is 0 Å². The molecule has 20 heavy (non-hydrogen) atoms. The molecular weight excluding hydrogens is 258 g/mol. The van der Waals surface area contributed by atoms with Gasteiger partial charge in [-0.05, 0) is 24.7 Å². The van der Waals surface area contributed by atoms with Gasteiger partial charge in [0.05, 0.1) is 6.21 Å². The molecule has 1 fully saturated rings. The van der Waals surface area contributed by atoms with Gasteiger partial charge in [0.25, 0.3) is 0 Å². The van der Waals surface area contributed by atoms with Crippen LogP contribution in [0, 0.1) is 0 Å². The predicted octanol–water partition coefficient (Wildman–Crippen LogP) is 0.873. The average Bonchev–Trinajstić information content (AvgIpc) is 2.45. The fraction of sp³-hybridized carbons (Fsp3) is 0.429. The summed E-state index contributed by atoms with van der Waals surface area (Å²) < 4.78 is 0. The Labute approximate surface area is 118 Å². The number of carbonyl (C=O) groups is 1. The molecule has 0 atom stereocenters. The van der Waals surface area contributed by atoms with Crippen LogP contribution in [0.4, 0.5) is 5.69 Å². The average molecular weight is 277 g/mol. The first-order valence-electron chi connectivity index (χ1n) is 6.56. The third-order valence-electron chi connectivity index (χ3n) is 3.23. The zero-order valence-electron chi connectivity index (χ0n) is 11.5. The quantitative estimate of drug-likeness (QED) is 0.639. The number of aliphatic carboxylic acids is 1. The van der Waals surface area contributed by atoms with E-state index in [0.29, 0.717) is 0 Å². The van der Waals surface area contributed by atoms with Gasteiger partial charge in [0, 0.05) is 31.9 Å². The van der Waals surface area contributed by atoms with Gasteiger partial charge in [-0.15, -0.1) is 0 Å². The summed E-state index contributed by atoms with van der Waals surface area (Å²) >= 11 is 0. The Kier molecular flexibility index (Phi) is 4.95. The molecule has 1 aliphatic rings. The minimum atomic E-state index is -1.03. The first kappa shape index (κ1) is 14.3. The normalized spacial score (nSPS) is 16.6. The number of piperazine rings is 1. The Bertz CT molecular complexity index is 465. The van der Waals surface area contributed by atoms with Gasteiger partial charge in [-0.2, -0.15) is 0 Å². The van der Waals surface area contributed by atoms with E-state index in [1.807, 2.05) is 24.3 Å². The Morgan fingerprint density at radius 2 is 1.95 bits per heavy atom. The van der Waals surface area contributed by atoms with Crippen molar-refractivity contribution in [2.75, 3.05) is 44.7 Å². The minimum Gasteiger partial charge on any atom is -0.479 e. The number of rotatable bonds is 5. The molecule has 1 heterocycles. The van der Waals surface area contributed by atoms with Gasteiger partial charge in [0.2, 0.25) is 6.61 Å². The third kappa shape index (κ3) is 4.24. The van der Waals surface area contributed by atoms with E-state index in [1.165, 1.54) is 11.9 Å². The number of anilines is 1. The number of carboxylic acids is 1. The van der Waals surface area contributed by atoms with E-state index in [4.69, 9.17) is 5.11 Å². The molecule has 0 unspecified atom stereocenters. The van der Waals surface area contributed by atoms with Gasteiger partial charge >= 0.3 is 5.97 Å². The molecule has 1 aromatic carbocycles. The van der Waals surface area contributed by atoms with E-state index in [1.54, 1.807) is 0 Å². The van der Waals surface area contributed by atoms with Gasteiger partial charge in [0.15, 0.2) is 0 Å². The van der Waals surface area contributed by atoms with Crippen molar-refractivity contribution in [2.45, 2.75) is 0 Å². The maximum absolute atomic E-state index is 10.2. The highest BCUT2D eigenvalue weighted by Gasteiger charge is 2.13. The molecule has 2 rings (SSSR count). The van der Waals surface area contributed by atoms with Crippen LogP contribution in [0.3, 0.4) is 0 Å². The minimum absolute atomic E-state index is 0.421. The Morgan fingerprint density at radius 1 is 1.30 bits per heavy atom. The smallest absolute Gasteiger partial charge is 0.344 e. The van der Waals surface area contributed by atoms with Crippen LogP contribution in [0.15, 0.2) is 29.4 Å². The molecule has 6 nitrogen and oxygen atoms in total. The summed E-state index contributed by atoms with van der Waals surface area (Å²) in [6, 6.07) is 7.98. The molecule has 0 spiro atoms. The summed E-state index contributed by atoms with van der Waals surface area (Å²) in [6.45, 7) is 3.80. The van der Waals surface area contributed by atoms with Gasteiger partial charge in [-0.1, -0.05) is 17.3 Å². The molecule has 1 saturated heterocycles. The van der Waals surface area contributed by atoms with Crippen molar-refractivity contribution in [1.82, 2.24) is 4.90 Å². The monoisotopic (exact) mass is 277 g/mol. The van der Waals surface area contributed by atoms with Crippen LogP contribution in [0.1, 0.15) is 5.56 Å². The number of oxime groups is 1. The first-order chi connectivity index (χ1) is 9.65. The van der Waals surface area contributed by atoms with Crippen molar-refractivity contribution in [3.8, 4) is 0 Å². The zero-order chi connectivity index (χ0) is 14.4. The van der Waals surface area contributed by atoms with E-state index in [2.05, 4.69) is 26.8 Å². The summed E-state index contributed by atoms with van der Waals surface area (Å²) in [7, 11) is 2.13. The second-order valence-electron chi connectivity index (χ2n) is 4.78. The van der Waals surface area contributed by atoms with Gasteiger partial charge in [-0.3, -0.25) is 0 Å². The van der Waals surface area contributed by atoms with Crippen LogP contribution in [0.25, 0.3) is 0 Å². The second-order valence-corrected chi connectivity index (χ2v) is 4.78. The van der Waals surface area contributed by atoms with Gasteiger partial charge in [-0.25, -0.2) is 4.79 Å². The maximum atomic E-state index is 10.2. The Hall–Kier alpha value is -2.08. The summed E-state index contributed by atoms with van der Waals surface area (Å²) in [6.07, 6.45) is 1.51. The number of nitrogens with zero attached hydrogens (tertiary/aromatic N) is 3. The number of hydrogen-bond acceptors (Lipinski definition) is 5. The van der Waals surface area contributed by atoms with Crippen LogP contribution in [0.2, 0.25) is 0 Å². The molecule has 1 N–H and O–H groups in total. The Morgan fingerprint density at radius 3 is 2.55 bits per heavy atom. The number of carboxylic acid groups (broad SMARTS) is 1. The van der Waals surface area contributed by atoms with Crippen LogP contribution in [-0.4, -0.2) is 62.0 Å². The number of benzene rings is 1. The molecule has 0 radical (unpaired) electrons.